The van der Waals surface area contributed by atoms with Crippen molar-refractivity contribution in [3.63, 3.8) is 0 Å². The summed E-state index contributed by atoms with van der Waals surface area (Å²) in [7, 11) is 0. The molecule has 7 nitrogen and oxygen atoms in total. The van der Waals surface area contributed by atoms with Crippen molar-refractivity contribution >= 4 is 22.8 Å². The highest BCUT2D eigenvalue weighted by Crippen LogP contribution is 2.31. The lowest BCUT2D eigenvalue weighted by molar-refractivity contribution is -0.134. The highest BCUT2D eigenvalue weighted by molar-refractivity contribution is 5.91. The molecular formula is C24H32N6O. The molecule has 1 saturated heterocycles. The number of nitrogens with zero attached hydrogens (tertiary/aromatic N) is 6. The number of hydrogen-bond acceptors (Lipinski definition) is 5. The zero-order valence-corrected chi connectivity index (χ0v) is 19.4. The maximum atomic E-state index is 12.4. The second kappa shape index (κ2) is 8.29. The Morgan fingerprint density at radius 1 is 0.935 bits per heavy atom. The van der Waals surface area contributed by atoms with Crippen LogP contribution in [-0.2, 0) is 4.79 Å². The second-order valence-electron chi connectivity index (χ2n) is 9.06. The van der Waals surface area contributed by atoms with Crippen LogP contribution in [0.4, 0.5) is 5.82 Å². The minimum absolute atomic E-state index is 0.0276. The molecule has 0 bridgehead atoms. The topological polar surface area (TPSA) is 67.2 Å². The van der Waals surface area contributed by atoms with Gasteiger partial charge in [0.2, 0.25) is 5.91 Å². The highest BCUT2D eigenvalue weighted by Gasteiger charge is 2.27. The zero-order valence-electron chi connectivity index (χ0n) is 19.4. The summed E-state index contributed by atoms with van der Waals surface area (Å²) in [5.74, 6) is 2.20. The van der Waals surface area contributed by atoms with E-state index in [1.54, 1.807) is 0 Å². The lowest BCUT2D eigenvalue weighted by Crippen LogP contribution is -2.50. The van der Waals surface area contributed by atoms with Gasteiger partial charge >= 0.3 is 0 Å². The van der Waals surface area contributed by atoms with E-state index in [1.165, 1.54) is 5.56 Å². The maximum absolute atomic E-state index is 12.4. The number of anilines is 1. The van der Waals surface area contributed by atoms with Gasteiger partial charge < -0.3 is 9.80 Å². The average Bonchev–Trinajstić information content (AvgIpc) is 3.09. The van der Waals surface area contributed by atoms with Crippen molar-refractivity contribution in [3.8, 4) is 5.69 Å². The van der Waals surface area contributed by atoms with Crippen molar-refractivity contribution < 1.29 is 4.79 Å². The summed E-state index contributed by atoms with van der Waals surface area (Å²) in [5, 5.41) is 5.83. The van der Waals surface area contributed by atoms with Gasteiger partial charge in [0, 0.05) is 38.0 Å². The summed E-state index contributed by atoms with van der Waals surface area (Å²) >= 11 is 0. The molecule has 3 aromatic rings. The molecule has 1 fully saturated rings. The van der Waals surface area contributed by atoms with E-state index in [2.05, 4.69) is 49.9 Å². The number of aromatic nitrogens is 4. The summed E-state index contributed by atoms with van der Waals surface area (Å²) in [6.45, 7) is 15.2. The fourth-order valence-corrected chi connectivity index (χ4v) is 4.03. The third kappa shape index (κ3) is 4.01. The largest absolute Gasteiger partial charge is 0.352 e. The molecule has 0 spiro atoms. The van der Waals surface area contributed by atoms with E-state index in [1.807, 2.05) is 30.4 Å². The number of carbonyl (C=O) groups excluding carboxylic acids is 1. The number of carbonyl (C=O) groups is 1. The van der Waals surface area contributed by atoms with E-state index < -0.39 is 0 Å². The monoisotopic (exact) mass is 420 g/mol. The smallest absolute Gasteiger partial charge is 0.225 e. The molecule has 1 aromatic carbocycles. The fraction of sp³-hybridized carbons (Fsp3) is 0.500. The molecule has 0 radical (unpaired) electrons. The van der Waals surface area contributed by atoms with Gasteiger partial charge in [-0.1, -0.05) is 45.4 Å². The molecule has 0 N–H and O–H groups in total. The van der Waals surface area contributed by atoms with E-state index in [0.29, 0.717) is 13.1 Å². The molecule has 1 amide bonds. The Balaban J connectivity index is 1.77. The Bertz CT molecular complexity index is 1090. The summed E-state index contributed by atoms with van der Waals surface area (Å²) < 4.78 is 1.93. The fourth-order valence-electron chi connectivity index (χ4n) is 4.03. The van der Waals surface area contributed by atoms with Crippen LogP contribution in [0.5, 0.6) is 0 Å². The molecule has 0 unspecified atom stereocenters. The number of rotatable bonds is 4. The predicted molar refractivity (Wildman–Crippen MR) is 124 cm³/mol. The summed E-state index contributed by atoms with van der Waals surface area (Å²) in [4.78, 5) is 26.5. The molecule has 0 atom stereocenters. The van der Waals surface area contributed by atoms with E-state index >= 15 is 0 Å². The van der Waals surface area contributed by atoms with Crippen molar-refractivity contribution in [1.29, 1.82) is 0 Å². The molecule has 1 aliphatic heterocycles. The average molecular weight is 421 g/mol. The van der Waals surface area contributed by atoms with Crippen molar-refractivity contribution in [2.24, 2.45) is 5.92 Å². The SMILES string of the molecule is Cc1ccc(-n2nc(C)c3c(N4CCN(C(=O)C(C)C)CC4)nc(C(C)C)nc32)cc1. The Kier molecular flexibility index (Phi) is 5.69. The first-order valence-electron chi connectivity index (χ1n) is 11.1. The van der Waals surface area contributed by atoms with Crippen LogP contribution < -0.4 is 4.90 Å². The van der Waals surface area contributed by atoms with Crippen LogP contribution in [0, 0.1) is 19.8 Å². The molecule has 0 saturated carbocycles. The third-order valence-electron chi connectivity index (χ3n) is 5.88. The second-order valence-corrected chi connectivity index (χ2v) is 9.06. The maximum Gasteiger partial charge on any atom is 0.225 e. The van der Waals surface area contributed by atoms with Crippen molar-refractivity contribution in [2.75, 3.05) is 31.1 Å². The van der Waals surface area contributed by atoms with Gasteiger partial charge in [-0.15, -0.1) is 0 Å². The minimum Gasteiger partial charge on any atom is -0.352 e. The van der Waals surface area contributed by atoms with Crippen molar-refractivity contribution in [2.45, 2.75) is 47.5 Å². The van der Waals surface area contributed by atoms with Crippen molar-refractivity contribution in [3.05, 3.63) is 41.3 Å². The highest BCUT2D eigenvalue weighted by atomic mass is 16.2. The lowest BCUT2D eigenvalue weighted by Gasteiger charge is -2.36. The van der Waals surface area contributed by atoms with Gasteiger partial charge in [-0.25, -0.2) is 14.6 Å². The van der Waals surface area contributed by atoms with Gasteiger partial charge in [-0.2, -0.15) is 5.10 Å². The molecule has 0 aliphatic carbocycles. The Labute approximate surface area is 184 Å². The summed E-state index contributed by atoms with van der Waals surface area (Å²) in [6, 6.07) is 8.34. The summed E-state index contributed by atoms with van der Waals surface area (Å²) in [6.07, 6.45) is 0. The first kappa shape index (κ1) is 21.3. The van der Waals surface area contributed by atoms with Crippen LogP contribution in [0.3, 0.4) is 0 Å². The van der Waals surface area contributed by atoms with Crippen LogP contribution in [0.25, 0.3) is 16.7 Å². The van der Waals surface area contributed by atoms with Gasteiger partial charge in [-0.3, -0.25) is 4.79 Å². The molecule has 31 heavy (non-hydrogen) atoms. The van der Waals surface area contributed by atoms with E-state index in [9.17, 15) is 4.79 Å². The van der Waals surface area contributed by atoms with Crippen LogP contribution in [-0.4, -0.2) is 56.7 Å². The van der Waals surface area contributed by atoms with Gasteiger partial charge in [0.1, 0.15) is 11.6 Å². The third-order valence-corrected chi connectivity index (χ3v) is 5.88. The number of benzene rings is 1. The standard InChI is InChI=1S/C24H32N6O/c1-15(2)21-25-22(28-11-13-29(14-12-28)24(31)16(3)4)20-18(6)27-30(23(20)26-21)19-9-7-17(5)8-10-19/h7-10,15-16H,11-14H2,1-6H3. The molecule has 164 valence electrons. The van der Waals surface area contributed by atoms with Gasteiger partial charge in [-0.05, 0) is 26.0 Å². The Morgan fingerprint density at radius 2 is 1.58 bits per heavy atom. The number of fused-ring (bicyclic) bond motifs is 1. The summed E-state index contributed by atoms with van der Waals surface area (Å²) in [5.41, 5.74) is 3.97. The molecule has 4 rings (SSSR count). The zero-order chi connectivity index (χ0) is 22.3. The van der Waals surface area contributed by atoms with Crippen LogP contribution in [0.1, 0.15) is 50.7 Å². The Morgan fingerprint density at radius 3 is 2.16 bits per heavy atom. The minimum atomic E-state index is 0.0276. The number of aryl methyl sites for hydroxylation is 2. The molecule has 3 heterocycles. The van der Waals surface area contributed by atoms with Crippen LogP contribution in [0.15, 0.2) is 24.3 Å². The van der Waals surface area contributed by atoms with Gasteiger partial charge in [0.05, 0.1) is 16.8 Å². The first-order valence-corrected chi connectivity index (χ1v) is 11.1. The molecule has 2 aromatic heterocycles. The molecular weight excluding hydrogens is 388 g/mol. The van der Waals surface area contributed by atoms with E-state index in [4.69, 9.17) is 15.1 Å². The van der Waals surface area contributed by atoms with E-state index in [-0.39, 0.29) is 17.7 Å². The normalized spacial score (nSPS) is 14.8. The molecule has 1 aliphatic rings. The van der Waals surface area contributed by atoms with Gasteiger partial charge in [0.25, 0.3) is 0 Å². The number of amides is 1. The number of hydrogen-bond donors (Lipinski definition) is 0. The van der Waals surface area contributed by atoms with Crippen molar-refractivity contribution in [1.82, 2.24) is 24.6 Å². The van der Waals surface area contributed by atoms with Crippen LogP contribution >= 0.6 is 0 Å². The Hall–Kier alpha value is -2.96. The quantitative estimate of drug-likeness (QED) is 0.641. The predicted octanol–water partition coefficient (Wildman–Crippen LogP) is 3.86. The van der Waals surface area contributed by atoms with E-state index in [0.717, 1.165) is 47.1 Å². The van der Waals surface area contributed by atoms with Gasteiger partial charge in [0.15, 0.2) is 5.65 Å². The van der Waals surface area contributed by atoms with Crippen LogP contribution in [0.2, 0.25) is 0 Å². The lowest BCUT2D eigenvalue weighted by atomic mass is 10.1. The number of piperazine rings is 1. The molecule has 7 heteroatoms. The first-order chi connectivity index (χ1) is 14.8.